The van der Waals surface area contributed by atoms with Crippen LogP contribution in [-0.2, 0) is 23.8 Å². The molecule has 0 saturated carbocycles. The first-order valence-corrected chi connectivity index (χ1v) is 12.8. The normalized spacial score (nSPS) is 23.5. The first-order valence-electron chi connectivity index (χ1n) is 11.1. The largest absolute Gasteiger partial charge is 0.461 e. The zero-order valence-corrected chi connectivity index (χ0v) is 20.9. The van der Waals surface area contributed by atoms with E-state index in [9.17, 15) is 19.8 Å². The van der Waals surface area contributed by atoms with Gasteiger partial charge in [-0.25, -0.2) is 4.79 Å². The Morgan fingerprint density at radius 2 is 1.53 bits per heavy atom. The second-order valence-electron chi connectivity index (χ2n) is 8.17. The topological polar surface area (TPSA) is 102 Å². The van der Waals surface area contributed by atoms with Gasteiger partial charge in [0.2, 0.25) is 0 Å². The second kappa shape index (κ2) is 12.6. The summed E-state index contributed by atoms with van der Waals surface area (Å²) in [6.07, 6.45) is -6.24. The van der Waals surface area contributed by atoms with E-state index in [0.29, 0.717) is 0 Å². The van der Waals surface area contributed by atoms with Gasteiger partial charge in [-0.2, -0.15) is 0 Å². The van der Waals surface area contributed by atoms with E-state index in [1.54, 1.807) is 13.8 Å². The van der Waals surface area contributed by atoms with Gasteiger partial charge in [-0.05, 0) is 38.1 Å². The third-order valence-electron chi connectivity index (χ3n) is 5.02. The molecule has 0 radical (unpaired) electrons. The predicted molar refractivity (Wildman–Crippen MR) is 130 cm³/mol. The summed E-state index contributed by atoms with van der Waals surface area (Å²) in [6, 6.07) is 19.1. The summed E-state index contributed by atoms with van der Waals surface area (Å²) < 4.78 is 16.0. The summed E-state index contributed by atoms with van der Waals surface area (Å²) in [5, 5.41) is 22.4. The molecule has 0 aromatic heterocycles. The molecule has 1 heterocycles. The summed E-state index contributed by atoms with van der Waals surface area (Å²) in [6.45, 7) is 4.66. The monoisotopic (exact) mass is 506 g/mol. The van der Waals surface area contributed by atoms with E-state index in [0.717, 1.165) is 9.79 Å². The van der Waals surface area contributed by atoms with Crippen LogP contribution in [0.2, 0.25) is 0 Å². The van der Waals surface area contributed by atoms with Crippen molar-refractivity contribution in [1.82, 2.24) is 0 Å². The van der Waals surface area contributed by atoms with E-state index in [1.807, 2.05) is 60.7 Å². The third-order valence-corrected chi connectivity index (χ3v) is 7.71. The number of thioether (sulfide) groups is 2. The number of carbonyl (C=O) groups is 2. The van der Waals surface area contributed by atoms with Crippen LogP contribution in [0.4, 0.5) is 0 Å². The van der Waals surface area contributed by atoms with Gasteiger partial charge in [0.1, 0.15) is 24.4 Å². The molecule has 2 aromatic rings. The molecule has 5 atom stereocenters. The number of carbonyl (C=O) groups excluding carboxylic acids is 2. The lowest BCUT2D eigenvalue weighted by atomic mass is 9.94. The lowest BCUT2D eigenvalue weighted by Crippen LogP contribution is -2.58. The van der Waals surface area contributed by atoms with Crippen LogP contribution >= 0.6 is 23.5 Å². The summed E-state index contributed by atoms with van der Waals surface area (Å²) in [5.74, 6) is -1.22. The summed E-state index contributed by atoms with van der Waals surface area (Å²) in [5.41, 5.74) is 0. The van der Waals surface area contributed by atoms with Crippen molar-refractivity contribution in [3.05, 3.63) is 60.7 Å². The molecule has 1 fully saturated rings. The maximum atomic E-state index is 12.6. The minimum atomic E-state index is -1.32. The van der Waals surface area contributed by atoms with Gasteiger partial charge in [0.05, 0.1) is 10.7 Å². The van der Waals surface area contributed by atoms with E-state index in [2.05, 4.69) is 0 Å². The van der Waals surface area contributed by atoms with Crippen LogP contribution in [0.5, 0.6) is 0 Å². The minimum Gasteiger partial charge on any atom is -0.461 e. The van der Waals surface area contributed by atoms with Crippen LogP contribution in [0.1, 0.15) is 27.2 Å². The van der Waals surface area contributed by atoms with Crippen LogP contribution in [0, 0.1) is 0 Å². The molecule has 1 saturated heterocycles. The Balaban J connectivity index is 1.87. The smallest absolute Gasteiger partial charge is 0.335 e. The average Bonchev–Trinajstić information content (AvgIpc) is 2.80. The Morgan fingerprint density at radius 1 is 1.00 bits per heavy atom. The van der Waals surface area contributed by atoms with Gasteiger partial charge in [0.15, 0.2) is 6.10 Å². The highest BCUT2D eigenvalue weighted by Crippen LogP contribution is 2.40. The van der Waals surface area contributed by atoms with Crippen molar-refractivity contribution in [3.8, 4) is 0 Å². The molecule has 3 rings (SSSR count). The van der Waals surface area contributed by atoms with Gasteiger partial charge in [0, 0.05) is 23.1 Å². The molecular formula is C25H30O7S2. The molecule has 0 unspecified atom stereocenters. The van der Waals surface area contributed by atoms with Crippen molar-refractivity contribution < 1.29 is 34.0 Å². The first kappa shape index (κ1) is 26.6. The Kier molecular flexibility index (Phi) is 9.85. The highest BCUT2D eigenvalue weighted by atomic mass is 32.2. The minimum absolute atomic E-state index is 0.0577. The third kappa shape index (κ3) is 7.48. The van der Waals surface area contributed by atoms with Gasteiger partial charge in [-0.15, -0.1) is 23.5 Å². The van der Waals surface area contributed by atoms with E-state index in [4.69, 9.17) is 14.2 Å². The molecule has 0 amide bonds. The fourth-order valence-corrected chi connectivity index (χ4v) is 6.16. The van der Waals surface area contributed by atoms with Crippen LogP contribution in [0.3, 0.4) is 0 Å². The molecule has 34 heavy (non-hydrogen) atoms. The number of ether oxygens (including phenoxy) is 3. The van der Waals surface area contributed by atoms with Crippen molar-refractivity contribution in [1.29, 1.82) is 0 Å². The van der Waals surface area contributed by atoms with Gasteiger partial charge in [0.25, 0.3) is 0 Å². The maximum Gasteiger partial charge on any atom is 0.335 e. The number of esters is 2. The molecule has 0 spiro atoms. The average molecular weight is 507 g/mol. The summed E-state index contributed by atoms with van der Waals surface area (Å²) >= 11 is 2.84. The van der Waals surface area contributed by atoms with Gasteiger partial charge < -0.3 is 24.4 Å². The molecular weight excluding hydrogens is 476 g/mol. The molecule has 184 valence electrons. The van der Waals surface area contributed by atoms with Crippen LogP contribution in [-0.4, -0.2) is 63.4 Å². The highest BCUT2D eigenvalue weighted by Gasteiger charge is 2.48. The molecule has 2 N–H and O–H groups in total. The summed E-state index contributed by atoms with van der Waals surface area (Å²) in [7, 11) is 0. The predicted octanol–water partition coefficient (Wildman–Crippen LogP) is 3.66. The number of aliphatic hydroxyl groups is 2. The number of aliphatic hydroxyl groups excluding tert-OH is 2. The lowest BCUT2D eigenvalue weighted by molar-refractivity contribution is -0.219. The Morgan fingerprint density at radius 3 is 2.00 bits per heavy atom. The molecule has 0 bridgehead atoms. The van der Waals surface area contributed by atoms with Crippen molar-refractivity contribution in [2.45, 2.75) is 78.2 Å². The lowest BCUT2D eigenvalue weighted by Gasteiger charge is -2.41. The Hall–Kier alpha value is -2.04. The van der Waals surface area contributed by atoms with Gasteiger partial charge in [-0.3, -0.25) is 4.79 Å². The zero-order valence-electron chi connectivity index (χ0n) is 19.3. The molecule has 1 aliphatic rings. The molecule has 9 heteroatoms. The maximum absolute atomic E-state index is 12.6. The number of rotatable bonds is 9. The van der Waals surface area contributed by atoms with Crippen LogP contribution < -0.4 is 0 Å². The molecule has 1 aliphatic heterocycles. The summed E-state index contributed by atoms with van der Waals surface area (Å²) in [4.78, 5) is 26.1. The van der Waals surface area contributed by atoms with E-state index < -0.39 is 47.0 Å². The van der Waals surface area contributed by atoms with Crippen LogP contribution in [0.25, 0.3) is 0 Å². The van der Waals surface area contributed by atoms with Crippen LogP contribution in [0.15, 0.2) is 70.5 Å². The van der Waals surface area contributed by atoms with E-state index >= 15 is 0 Å². The highest BCUT2D eigenvalue weighted by molar-refractivity contribution is 8.17. The SMILES string of the molecule is CC(=O)O[C@@H]1C[C@@H](C(=O)OC(C)C)O[C@@H]([C@@H](O)C(Sc2ccccc2)Sc2ccccc2)[C@@H]1O. The zero-order chi connectivity index (χ0) is 24.7. The first-order chi connectivity index (χ1) is 16.2. The fraction of sp³-hybridized carbons (Fsp3) is 0.440. The van der Waals surface area contributed by atoms with E-state index in [1.165, 1.54) is 30.4 Å². The Bertz CT molecular complexity index is 884. The quantitative estimate of drug-likeness (QED) is 0.300. The van der Waals surface area contributed by atoms with Gasteiger partial charge in [-0.1, -0.05) is 36.4 Å². The van der Waals surface area contributed by atoms with Gasteiger partial charge >= 0.3 is 11.9 Å². The molecule has 7 nitrogen and oxygen atoms in total. The second-order valence-corrected chi connectivity index (χ2v) is 10.9. The number of hydrogen-bond donors (Lipinski definition) is 2. The number of hydrogen-bond acceptors (Lipinski definition) is 9. The fourth-order valence-electron chi connectivity index (χ4n) is 3.55. The molecule has 2 aromatic carbocycles. The Labute approximate surface area is 208 Å². The van der Waals surface area contributed by atoms with Crippen molar-refractivity contribution in [2.75, 3.05) is 0 Å². The standard InChI is InChI=1S/C25H30O7S2/c1-15(2)30-24(29)20-14-19(31-16(3)26)21(27)23(32-20)22(28)25(33-17-10-6-4-7-11-17)34-18-12-8-5-9-13-18/h4-13,15,19-23,25,27-28H,14H2,1-3H3/t19-,20+,21-,22-,23-/m1/s1. The van der Waals surface area contributed by atoms with Crippen molar-refractivity contribution in [3.63, 3.8) is 0 Å². The van der Waals surface area contributed by atoms with Crippen molar-refractivity contribution in [2.24, 2.45) is 0 Å². The number of benzene rings is 2. The van der Waals surface area contributed by atoms with Crippen molar-refractivity contribution >= 4 is 35.5 Å². The molecule has 0 aliphatic carbocycles. The van der Waals surface area contributed by atoms with E-state index in [-0.39, 0.29) is 12.5 Å².